The maximum Gasteiger partial charge on any atom is 0.188 e. The van der Waals surface area contributed by atoms with Crippen LogP contribution in [0.4, 0.5) is 0 Å². The van der Waals surface area contributed by atoms with Crippen LogP contribution in [-0.2, 0) is 0 Å². The van der Waals surface area contributed by atoms with Gasteiger partial charge in [-0.3, -0.25) is 9.78 Å². The van der Waals surface area contributed by atoms with Crippen LogP contribution in [0.15, 0.2) is 54.7 Å². The van der Waals surface area contributed by atoms with Gasteiger partial charge in [-0.2, -0.15) is 0 Å². The highest BCUT2D eigenvalue weighted by Crippen LogP contribution is 2.27. The van der Waals surface area contributed by atoms with Crippen LogP contribution in [0.25, 0.3) is 0 Å². The zero-order chi connectivity index (χ0) is 13.0. The molecule has 0 saturated carbocycles. The van der Waals surface area contributed by atoms with Crippen molar-refractivity contribution in [1.29, 1.82) is 0 Å². The Labute approximate surface area is 108 Å². The molecule has 0 aliphatic heterocycles. The summed E-state index contributed by atoms with van der Waals surface area (Å²) in [6, 6.07) is 15.4. The predicted molar refractivity (Wildman–Crippen MR) is 72.6 cm³/mol. The molecule has 0 aliphatic rings. The number of pyridine rings is 1. The van der Waals surface area contributed by atoms with E-state index in [2.05, 4.69) is 18.8 Å². The topological polar surface area (TPSA) is 30.0 Å². The Bertz CT molecular complexity index is 505. The van der Waals surface area contributed by atoms with E-state index >= 15 is 0 Å². The number of nitrogens with zero attached hydrogens (tertiary/aromatic N) is 1. The lowest BCUT2D eigenvalue weighted by Gasteiger charge is -2.19. The van der Waals surface area contributed by atoms with Crippen LogP contribution in [0.1, 0.15) is 35.8 Å². The summed E-state index contributed by atoms with van der Waals surface area (Å²) >= 11 is 0. The average Bonchev–Trinajstić information content (AvgIpc) is 2.40. The Morgan fingerprint density at radius 2 is 1.67 bits per heavy atom. The van der Waals surface area contributed by atoms with Crippen LogP contribution in [0.5, 0.6) is 0 Å². The molecular weight excluding hydrogens is 222 g/mol. The number of aromatic nitrogens is 1. The van der Waals surface area contributed by atoms with Crippen LogP contribution in [0.3, 0.4) is 0 Å². The monoisotopic (exact) mass is 239 g/mol. The second-order valence-electron chi connectivity index (χ2n) is 4.71. The van der Waals surface area contributed by atoms with Gasteiger partial charge in [-0.1, -0.05) is 50.2 Å². The summed E-state index contributed by atoms with van der Waals surface area (Å²) in [7, 11) is 0. The first-order chi connectivity index (χ1) is 8.70. The summed E-state index contributed by atoms with van der Waals surface area (Å²) in [5.74, 6) is 0.222. The fourth-order valence-electron chi connectivity index (χ4n) is 2.17. The van der Waals surface area contributed by atoms with Gasteiger partial charge in [0.25, 0.3) is 0 Å². The van der Waals surface area contributed by atoms with Gasteiger partial charge >= 0.3 is 0 Å². The molecule has 2 heteroatoms. The zero-order valence-electron chi connectivity index (χ0n) is 10.7. The fraction of sp³-hybridized carbons (Fsp3) is 0.250. The highest BCUT2D eigenvalue weighted by atomic mass is 16.1. The van der Waals surface area contributed by atoms with Crippen molar-refractivity contribution in [3.63, 3.8) is 0 Å². The summed E-state index contributed by atoms with van der Waals surface area (Å²) in [5.41, 5.74) is 1.60. The molecule has 1 aromatic carbocycles. The van der Waals surface area contributed by atoms with Crippen LogP contribution >= 0.6 is 0 Å². The molecule has 0 saturated heterocycles. The molecule has 0 radical (unpaired) electrons. The SMILES string of the molecule is CC(C)[C@@H](C(=O)c1ccccn1)c1ccccc1. The number of hydrogen-bond acceptors (Lipinski definition) is 2. The van der Waals surface area contributed by atoms with Crippen molar-refractivity contribution in [1.82, 2.24) is 4.98 Å². The van der Waals surface area contributed by atoms with Gasteiger partial charge in [-0.25, -0.2) is 0 Å². The fourth-order valence-corrected chi connectivity index (χ4v) is 2.17. The number of benzene rings is 1. The Hall–Kier alpha value is -1.96. The molecule has 0 spiro atoms. The maximum atomic E-state index is 12.5. The summed E-state index contributed by atoms with van der Waals surface area (Å²) in [4.78, 5) is 16.7. The molecule has 92 valence electrons. The molecular formula is C16H17NO. The third-order valence-electron chi connectivity index (χ3n) is 3.03. The third kappa shape index (κ3) is 2.65. The van der Waals surface area contributed by atoms with Gasteiger partial charge in [-0.15, -0.1) is 0 Å². The molecule has 0 bridgehead atoms. The maximum absolute atomic E-state index is 12.5. The third-order valence-corrected chi connectivity index (χ3v) is 3.03. The number of rotatable bonds is 4. The minimum Gasteiger partial charge on any atom is -0.292 e. The normalized spacial score (nSPS) is 12.4. The van der Waals surface area contributed by atoms with Crippen molar-refractivity contribution in [2.45, 2.75) is 19.8 Å². The molecule has 1 aromatic heterocycles. The quantitative estimate of drug-likeness (QED) is 0.761. The van der Waals surface area contributed by atoms with E-state index in [1.165, 1.54) is 0 Å². The first-order valence-electron chi connectivity index (χ1n) is 6.20. The van der Waals surface area contributed by atoms with Crippen molar-refractivity contribution >= 4 is 5.78 Å². The molecule has 1 atom stereocenters. The van der Waals surface area contributed by atoms with E-state index in [0.717, 1.165) is 5.56 Å². The second-order valence-corrected chi connectivity index (χ2v) is 4.71. The zero-order valence-corrected chi connectivity index (χ0v) is 10.7. The summed E-state index contributed by atoms with van der Waals surface area (Å²) in [6.45, 7) is 4.14. The lowest BCUT2D eigenvalue weighted by atomic mass is 9.84. The number of carbonyl (C=O) groups is 1. The van der Waals surface area contributed by atoms with Crippen molar-refractivity contribution in [2.75, 3.05) is 0 Å². The second kappa shape index (κ2) is 5.58. The minimum atomic E-state index is -0.124. The predicted octanol–water partition coefficient (Wildman–Crippen LogP) is 3.70. The van der Waals surface area contributed by atoms with E-state index in [-0.39, 0.29) is 17.6 Å². The molecule has 18 heavy (non-hydrogen) atoms. The van der Waals surface area contributed by atoms with Crippen LogP contribution in [0.2, 0.25) is 0 Å². The van der Waals surface area contributed by atoms with E-state index in [4.69, 9.17) is 0 Å². The van der Waals surface area contributed by atoms with Gasteiger partial charge in [0.05, 0.1) is 5.92 Å². The molecule has 1 heterocycles. The van der Waals surface area contributed by atoms with Gasteiger partial charge in [-0.05, 0) is 23.6 Å². The summed E-state index contributed by atoms with van der Waals surface area (Å²) in [5, 5.41) is 0. The molecule has 2 rings (SSSR count). The van der Waals surface area contributed by atoms with Crippen LogP contribution in [0, 0.1) is 5.92 Å². The Kier molecular flexibility index (Phi) is 3.88. The molecule has 0 unspecified atom stereocenters. The van der Waals surface area contributed by atoms with E-state index in [1.807, 2.05) is 42.5 Å². The van der Waals surface area contributed by atoms with Gasteiger partial charge in [0.2, 0.25) is 0 Å². The van der Waals surface area contributed by atoms with Crippen molar-refractivity contribution in [3.05, 3.63) is 66.0 Å². The van der Waals surface area contributed by atoms with Crippen molar-refractivity contribution < 1.29 is 4.79 Å². The van der Waals surface area contributed by atoms with Crippen molar-refractivity contribution in [3.8, 4) is 0 Å². The highest BCUT2D eigenvalue weighted by Gasteiger charge is 2.25. The van der Waals surface area contributed by atoms with E-state index in [0.29, 0.717) is 5.69 Å². The van der Waals surface area contributed by atoms with E-state index < -0.39 is 0 Å². The first kappa shape index (κ1) is 12.5. The van der Waals surface area contributed by atoms with Crippen molar-refractivity contribution in [2.24, 2.45) is 5.92 Å². The van der Waals surface area contributed by atoms with E-state index in [1.54, 1.807) is 12.3 Å². The number of hydrogen-bond donors (Lipinski definition) is 0. The minimum absolute atomic E-state index is 0.0943. The number of ketones is 1. The largest absolute Gasteiger partial charge is 0.292 e. The standard InChI is InChI=1S/C16H17NO/c1-12(2)15(13-8-4-3-5-9-13)16(18)14-10-6-7-11-17-14/h3-12,15H,1-2H3/t15-/m1/s1. The summed E-state index contributed by atoms with van der Waals surface area (Å²) < 4.78 is 0. The molecule has 0 fully saturated rings. The average molecular weight is 239 g/mol. The Morgan fingerprint density at radius 1 is 1.00 bits per heavy atom. The summed E-state index contributed by atoms with van der Waals surface area (Å²) in [6.07, 6.45) is 1.66. The molecule has 0 amide bonds. The van der Waals surface area contributed by atoms with E-state index in [9.17, 15) is 4.79 Å². The number of Topliss-reactive ketones (excluding diaryl/α,β-unsaturated/α-hetero) is 1. The van der Waals surface area contributed by atoms with Gasteiger partial charge < -0.3 is 0 Å². The van der Waals surface area contributed by atoms with Gasteiger partial charge in [0.15, 0.2) is 5.78 Å². The molecule has 0 N–H and O–H groups in total. The lowest BCUT2D eigenvalue weighted by molar-refractivity contribution is 0.0933. The molecule has 2 aromatic rings. The molecule has 0 aliphatic carbocycles. The lowest BCUT2D eigenvalue weighted by Crippen LogP contribution is -2.19. The van der Waals surface area contributed by atoms with Crippen LogP contribution < -0.4 is 0 Å². The molecule has 2 nitrogen and oxygen atoms in total. The Morgan fingerprint density at radius 3 is 2.22 bits per heavy atom. The highest BCUT2D eigenvalue weighted by molar-refractivity contribution is 5.99. The van der Waals surface area contributed by atoms with Crippen LogP contribution in [-0.4, -0.2) is 10.8 Å². The van der Waals surface area contributed by atoms with Gasteiger partial charge in [0, 0.05) is 6.20 Å². The smallest absolute Gasteiger partial charge is 0.188 e. The van der Waals surface area contributed by atoms with Gasteiger partial charge in [0.1, 0.15) is 5.69 Å². The number of carbonyl (C=O) groups excluding carboxylic acids is 1. The Balaban J connectivity index is 2.35. The first-order valence-corrected chi connectivity index (χ1v) is 6.20.